The number of carbonyl (C=O) groups excluding carboxylic acids is 2. The molecule has 2 aromatic carbocycles. The minimum Gasteiger partial charge on any atom is -0.347 e. The molecule has 0 aliphatic carbocycles. The van der Waals surface area contributed by atoms with Gasteiger partial charge in [-0.1, -0.05) is 12.1 Å². The number of nitro benzene ring substituents is 1. The van der Waals surface area contributed by atoms with Crippen molar-refractivity contribution >= 4 is 17.5 Å². The van der Waals surface area contributed by atoms with Gasteiger partial charge in [0.15, 0.2) is 0 Å². The van der Waals surface area contributed by atoms with Crippen molar-refractivity contribution in [2.45, 2.75) is 32.9 Å². The number of halogens is 1. The molecule has 32 heavy (non-hydrogen) atoms. The zero-order valence-electron chi connectivity index (χ0n) is 18.4. The quantitative estimate of drug-likeness (QED) is 0.567. The highest BCUT2D eigenvalue weighted by molar-refractivity contribution is 5.95. The molecule has 1 heterocycles. The second-order valence-corrected chi connectivity index (χ2v) is 8.89. The van der Waals surface area contributed by atoms with Crippen LogP contribution in [0.5, 0.6) is 0 Å². The lowest BCUT2D eigenvalue weighted by atomic mass is 10.1. The summed E-state index contributed by atoms with van der Waals surface area (Å²) in [7, 11) is 0. The van der Waals surface area contributed by atoms with Crippen molar-refractivity contribution in [1.29, 1.82) is 0 Å². The van der Waals surface area contributed by atoms with Crippen molar-refractivity contribution in [2.75, 3.05) is 26.2 Å². The standard InChI is InChI=1S/C23H27FN4O4/c1-23(2,3)25-21(29)17-6-4-5-16(13-17)15-26-9-11-27(12-10-26)22(30)19-8-7-18(28(31)32)14-20(19)24/h4-8,13-14H,9-12,15H2,1-3H3,(H,25,29). The molecule has 1 fully saturated rings. The summed E-state index contributed by atoms with van der Waals surface area (Å²) in [5.41, 5.74) is 0.718. The molecule has 0 spiro atoms. The number of carbonyl (C=O) groups is 2. The number of hydrogen-bond donors (Lipinski definition) is 1. The lowest BCUT2D eigenvalue weighted by Gasteiger charge is -2.35. The van der Waals surface area contributed by atoms with E-state index in [0.717, 1.165) is 23.8 Å². The normalized spacial score (nSPS) is 14.8. The first-order valence-corrected chi connectivity index (χ1v) is 10.4. The molecule has 3 rings (SSSR count). The first-order valence-electron chi connectivity index (χ1n) is 10.4. The fourth-order valence-corrected chi connectivity index (χ4v) is 3.55. The molecule has 0 bridgehead atoms. The van der Waals surface area contributed by atoms with E-state index in [2.05, 4.69) is 10.2 Å². The Morgan fingerprint density at radius 3 is 2.38 bits per heavy atom. The maximum atomic E-state index is 14.2. The van der Waals surface area contributed by atoms with E-state index in [-0.39, 0.29) is 22.7 Å². The summed E-state index contributed by atoms with van der Waals surface area (Å²) < 4.78 is 14.2. The number of hydrogen-bond acceptors (Lipinski definition) is 5. The smallest absolute Gasteiger partial charge is 0.272 e. The van der Waals surface area contributed by atoms with Gasteiger partial charge in [-0.2, -0.15) is 0 Å². The molecule has 1 saturated heterocycles. The van der Waals surface area contributed by atoms with Gasteiger partial charge in [0, 0.05) is 49.9 Å². The highest BCUT2D eigenvalue weighted by Crippen LogP contribution is 2.19. The lowest BCUT2D eigenvalue weighted by Crippen LogP contribution is -2.48. The Hall–Kier alpha value is -3.33. The van der Waals surface area contributed by atoms with Crippen LogP contribution in [-0.2, 0) is 6.54 Å². The highest BCUT2D eigenvalue weighted by Gasteiger charge is 2.25. The maximum absolute atomic E-state index is 14.2. The van der Waals surface area contributed by atoms with E-state index < -0.39 is 16.6 Å². The molecule has 9 heteroatoms. The van der Waals surface area contributed by atoms with Gasteiger partial charge in [0.05, 0.1) is 16.6 Å². The maximum Gasteiger partial charge on any atom is 0.272 e. The summed E-state index contributed by atoms with van der Waals surface area (Å²) in [6, 6.07) is 10.5. The van der Waals surface area contributed by atoms with Gasteiger partial charge in [-0.15, -0.1) is 0 Å². The Kier molecular flexibility index (Phi) is 6.88. The minimum absolute atomic E-state index is 0.125. The van der Waals surface area contributed by atoms with E-state index >= 15 is 0 Å². The van der Waals surface area contributed by atoms with Crippen LogP contribution < -0.4 is 5.32 Å². The summed E-state index contributed by atoms with van der Waals surface area (Å²) in [5, 5.41) is 13.7. The summed E-state index contributed by atoms with van der Waals surface area (Å²) >= 11 is 0. The van der Waals surface area contributed by atoms with Crippen LogP contribution in [0.3, 0.4) is 0 Å². The predicted octanol–water partition coefficient (Wildman–Crippen LogP) is 3.22. The molecule has 0 unspecified atom stereocenters. The van der Waals surface area contributed by atoms with Gasteiger partial charge in [0.1, 0.15) is 5.82 Å². The molecular formula is C23H27FN4O4. The van der Waals surface area contributed by atoms with Crippen LogP contribution in [0.25, 0.3) is 0 Å². The van der Waals surface area contributed by atoms with Crippen molar-refractivity contribution in [3.8, 4) is 0 Å². The second-order valence-electron chi connectivity index (χ2n) is 8.89. The van der Waals surface area contributed by atoms with Crippen molar-refractivity contribution in [1.82, 2.24) is 15.1 Å². The zero-order valence-corrected chi connectivity index (χ0v) is 18.4. The van der Waals surface area contributed by atoms with Crippen LogP contribution in [0, 0.1) is 15.9 Å². The van der Waals surface area contributed by atoms with E-state index in [9.17, 15) is 24.1 Å². The van der Waals surface area contributed by atoms with E-state index in [1.54, 1.807) is 11.0 Å². The molecule has 0 radical (unpaired) electrons. The second kappa shape index (κ2) is 9.44. The first kappa shape index (κ1) is 23.3. The molecule has 0 saturated carbocycles. The van der Waals surface area contributed by atoms with Crippen molar-refractivity contribution in [3.63, 3.8) is 0 Å². The molecule has 2 aromatic rings. The number of piperazine rings is 1. The summed E-state index contributed by atoms with van der Waals surface area (Å²) in [5.74, 6) is -1.49. The molecule has 1 N–H and O–H groups in total. The molecule has 1 aliphatic rings. The molecule has 8 nitrogen and oxygen atoms in total. The molecule has 2 amide bonds. The summed E-state index contributed by atoms with van der Waals surface area (Å²) in [6.45, 7) is 8.44. The fourth-order valence-electron chi connectivity index (χ4n) is 3.55. The minimum atomic E-state index is -0.892. The van der Waals surface area contributed by atoms with Crippen LogP contribution in [0.1, 0.15) is 47.1 Å². The van der Waals surface area contributed by atoms with Crippen LogP contribution >= 0.6 is 0 Å². The van der Waals surface area contributed by atoms with Crippen LogP contribution in [0.4, 0.5) is 10.1 Å². The Bertz CT molecular complexity index is 1030. The fraction of sp³-hybridized carbons (Fsp3) is 0.391. The van der Waals surface area contributed by atoms with Crippen LogP contribution in [-0.4, -0.2) is 58.3 Å². The number of nitrogens with one attached hydrogen (secondary N) is 1. The van der Waals surface area contributed by atoms with E-state index in [1.807, 2.05) is 39.0 Å². The van der Waals surface area contributed by atoms with Gasteiger partial charge in [-0.05, 0) is 44.5 Å². The van der Waals surface area contributed by atoms with Gasteiger partial charge < -0.3 is 10.2 Å². The van der Waals surface area contributed by atoms with E-state index in [4.69, 9.17) is 0 Å². The molecule has 1 aliphatic heterocycles. The van der Waals surface area contributed by atoms with Crippen molar-refractivity contribution < 1.29 is 18.9 Å². The van der Waals surface area contributed by atoms with Crippen molar-refractivity contribution in [2.24, 2.45) is 0 Å². The third-order valence-electron chi connectivity index (χ3n) is 5.14. The number of benzene rings is 2. The topological polar surface area (TPSA) is 95.8 Å². The Labute approximate surface area is 186 Å². The number of nitro groups is 1. The zero-order chi connectivity index (χ0) is 23.5. The Morgan fingerprint density at radius 2 is 1.78 bits per heavy atom. The average molecular weight is 442 g/mol. The highest BCUT2D eigenvalue weighted by atomic mass is 19.1. The molecule has 170 valence electrons. The Balaban J connectivity index is 1.58. The van der Waals surface area contributed by atoms with Gasteiger partial charge in [-0.25, -0.2) is 4.39 Å². The lowest BCUT2D eigenvalue weighted by molar-refractivity contribution is -0.385. The SMILES string of the molecule is CC(C)(C)NC(=O)c1cccc(CN2CCN(C(=O)c3ccc([N+](=O)[O-])cc3F)CC2)c1. The monoisotopic (exact) mass is 442 g/mol. The van der Waals surface area contributed by atoms with Gasteiger partial charge in [0.25, 0.3) is 17.5 Å². The third kappa shape index (κ3) is 5.88. The number of amides is 2. The predicted molar refractivity (Wildman–Crippen MR) is 118 cm³/mol. The van der Waals surface area contributed by atoms with Crippen LogP contribution in [0.2, 0.25) is 0 Å². The van der Waals surface area contributed by atoms with Crippen molar-refractivity contribution in [3.05, 3.63) is 75.1 Å². The number of non-ortho nitro benzene ring substituents is 1. The summed E-state index contributed by atoms with van der Waals surface area (Å²) in [6.07, 6.45) is 0. The largest absolute Gasteiger partial charge is 0.347 e. The van der Waals surface area contributed by atoms with Gasteiger partial charge in [0.2, 0.25) is 0 Å². The van der Waals surface area contributed by atoms with Crippen LogP contribution in [0.15, 0.2) is 42.5 Å². The Morgan fingerprint density at radius 1 is 1.09 bits per heavy atom. The average Bonchev–Trinajstić information content (AvgIpc) is 2.72. The van der Waals surface area contributed by atoms with E-state index in [0.29, 0.717) is 38.3 Å². The van der Waals surface area contributed by atoms with Gasteiger partial charge >= 0.3 is 0 Å². The third-order valence-corrected chi connectivity index (χ3v) is 5.14. The number of rotatable bonds is 5. The molecule has 0 atom stereocenters. The summed E-state index contributed by atoms with van der Waals surface area (Å²) in [4.78, 5) is 38.8. The van der Waals surface area contributed by atoms with E-state index in [1.165, 1.54) is 0 Å². The molecule has 0 aromatic heterocycles. The molecular weight excluding hydrogens is 415 g/mol. The first-order chi connectivity index (χ1) is 15.0. The van der Waals surface area contributed by atoms with Gasteiger partial charge in [-0.3, -0.25) is 24.6 Å². The number of nitrogens with zero attached hydrogens (tertiary/aromatic N) is 3.